The van der Waals surface area contributed by atoms with Crippen molar-refractivity contribution in [1.82, 2.24) is 29.8 Å². The number of nitrogens with one attached hydrogen (secondary N) is 1. The minimum Gasteiger partial charge on any atom is -0.480 e. The summed E-state index contributed by atoms with van der Waals surface area (Å²) < 4.78 is 0. The number of amides is 3. The Labute approximate surface area is 226 Å². The van der Waals surface area contributed by atoms with E-state index in [-0.39, 0.29) is 50.4 Å². The first-order valence-corrected chi connectivity index (χ1v) is 12.9. The smallest absolute Gasteiger partial charge is 0.317 e. The van der Waals surface area contributed by atoms with E-state index < -0.39 is 17.9 Å². The van der Waals surface area contributed by atoms with Crippen LogP contribution in [0.15, 0.2) is 12.2 Å². The second-order valence-corrected chi connectivity index (χ2v) is 9.50. The number of unbranched alkanes of at least 4 members (excludes halogenated alkanes) is 1. The molecule has 0 aromatic carbocycles. The van der Waals surface area contributed by atoms with E-state index in [1.54, 1.807) is 14.7 Å². The Balaban J connectivity index is 1.93. The lowest BCUT2D eigenvalue weighted by atomic mass is 10.3. The van der Waals surface area contributed by atoms with Crippen molar-refractivity contribution in [2.45, 2.75) is 12.8 Å². The van der Waals surface area contributed by atoms with Crippen LogP contribution >= 0.6 is 0 Å². The average molecular weight is 555 g/mol. The topological polar surface area (TPSA) is 191 Å². The highest BCUT2D eigenvalue weighted by atomic mass is 16.4. The van der Waals surface area contributed by atoms with Crippen LogP contribution in [-0.2, 0) is 28.8 Å². The number of hydrogen-bond donors (Lipinski definition) is 4. The van der Waals surface area contributed by atoms with Crippen LogP contribution in [-0.4, -0.2) is 167 Å². The van der Waals surface area contributed by atoms with Gasteiger partial charge in [-0.25, -0.2) is 0 Å². The molecule has 2 aliphatic rings. The van der Waals surface area contributed by atoms with E-state index >= 15 is 0 Å². The summed E-state index contributed by atoms with van der Waals surface area (Å²) in [5.74, 6) is -4.00. The summed E-state index contributed by atoms with van der Waals surface area (Å²) in [5, 5.41) is 30.6. The fourth-order valence-electron chi connectivity index (χ4n) is 4.32. The van der Waals surface area contributed by atoms with Gasteiger partial charge in [-0.1, -0.05) is 0 Å². The van der Waals surface area contributed by atoms with Crippen LogP contribution in [0.1, 0.15) is 12.8 Å². The number of nitrogens with zero attached hydrogens (tertiary/aromatic N) is 5. The van der Waals surface area contributed by atoms with Crippen LogP contribution in [0.5, 0.6) is 0 Å². The van der Waals surface area contributed by atoms with Gasteiger partial charge < -0.3 is 20.6 Å². The SMILES string of the molecule is O=C(O)CN1CCN(CC(=O)O)CCN(CC(=O)NCCCCN2C(=O)C=CC2=O)CCN(CC(=O)O)CC1. The van der Waals surface area contributed by atoms with Crippen molar-refractivity contribution in [3.8, 4) is 0 Å². The number of carbonyl (C=O) groups is 6. The van der Waals surface area contributed by atoms with Crippen LogP contribution in [0.2, 0.25) is 0 Å². The first-order valence-electron chi connectivity index (χ1n) is 12.9. The Morgan fingerprint density at radius 1 is 0.615 bits per heavy atom. The lowest BCUT2D eigenvalue weighted by Crippen LogP contribution is -2.49. The van der Waals surface area contributed by atoms with Crippen LogP contribution in [0.25, 0.3) is 0 Å². The van der Waals surface area contributed by atoms with E-state index in [0.29, 0.717) is 71.7 Å². The van der Waals surface area contributed by atoms with Gasteiger partial charge in [-0.3, -0.25) is 53.3 Å². The number of carboxylic acid groups (broad SMARTS) is 3. The molecule has 1 fully saturated rings. The maximum Gasteiger partial charge on any atom is 0.317 e. The van der Waals surface area contributed by atoms with E-state index in [1.807, 2.05) is 4.90 Å². The zero-order valence-electron chi connectivity index (χ0n) is 22.0. The van der Waals surface area contributed by atoms with Gasteiger partial charge in [0.1, 0.15) is 0 Å². The summed E-state index contributed by atoms with van der Waals surface area (Å²) in [6.07, 6.45) is 3.55. The summed E-state index contributed by atoms with van der Waals surface area (Å²) in [6, 6.07) is 0. The fraction of sp³-hybridized carbons (Fsp3) is 0.667. The van der Waals surface area contributed by atoms with Gasteiger partial charge in [0.15, 0.2) is 0 Å². The number of rotatable bonds is 13. The Bertz CT molecular complexity index is 878. The largest absolute Gasteiger partial charge is 0.480 e. The first-order chi connectivity index (χ1) is 18.5. The normalized spacial score (nSPS) is 19.0. The molecular formula is C24H38N6O9. The number of hydrogen-bond acceptors (Lipinski definition) is 10. The van der Waals surface area contributed by atoms with Gasteiger partial charge in [0.25, 0.3) is 11.8 Å². The van der Waals surface area contributed by atoms with Crippen molar-refractivity contribution < 1.29 is 44.1 Å². The van der Waals surface area contributed by atoms with Crippen molar-refractivity contribution in [3.63, 3.8) is 0 Å². The molecule has 0 aromatic rings. The minimum absolute atomic E-state index is 0.0278. The number of carboxylic acids is 3. The molecule has 0 bridgehead atoms. The second kappa shape index (κ2) is 16.5. The molecule has 2 aliphatic heterocycles. The van der Waals surface area contributed by atoms with E-state index in [2.05, 4.69) is 5.32 Å². The van der Waals surface area contributed by atoms with Crippen molar-refractivity contribution in [3.05, 3.63) is 12.2 Å². The molecule has 0 atom stereocenters. The molecule has 4 N–H and O–H groups in total. The van der Waals surface area contributed by atoms with Crippen LogP contribution < -0.4 is 5.32 Å². The molecule has 0 radical (unpaired) electrons. The van der Waals surface area contributed by atoms with E-state index in [4.69, 9.17) is 0 Å². The molecule has 15 heteroatoms. The standard InChI is InChI=1S/C24H38N6O9/c31-19(25-5-1-2-6-30-20(32)3-4-21(30)33)15-26-7-9-27(16-22(34)35)11-13-29(18-24(38)39)14-12-28(10-8-26)17-23(36)37/h3-4H,1-2,5-18H2,(H,25,31)(H,34,35)(H,36,37)(H,38,39). The second-order valence-electron chi connectivity index (χ2n) is 9.50. The van der Waals surface area contributed by atoms with Gasteiger partial charge in [0.05, 0.1) is 26.2 Å². The fourth-order valence-corrected chi connectivity index (χ4v) is 4.32. The molecule has 15 nitrogen and oxygen atoms in total. The lowest BCUT2D eigenvalue weighted by molar-refractivity contribution is -0.140. The molecule has 39 heavy (non-hydrogen) atoms. The number of aliphatic carboxylic acids is 3. The van der Waals surface area contributed by atoms with Crippen molar-refractivity contribution in [2.24, 2.45) is 0 Å². The summed E-state index contributed by atoms with van der Waals surface area (Å²) in [7, 11) is 0. The molecule has 3 amide bonds. The molecule has 2 rings (SSSR count). The Hall–Kier alpha value is -3.40. The predicted octanol–water partition coefficient (Wildman–Crippen LogP) is -2.72. The third-order valence-corrected chi connectivity index (χ3v) is 6.40. The van der Waals surface area contributed by atoms with E-state index in [9.17, 15) is 44.1 Å². The Morgan fingerprint density at radius 2 is 0.974 bits per heavy atom. The number of carbonyl (C=O) groups excluding carboxylic acids is 3. The summed E-state index contributed by atoms with van der Waals surface area (Å²) in [5.41, 5.74) is 0. The summed E-state index contributed by atoms with van der Waals surface area (Å²) in [6.45, 7) is 2.50. The third-order valence-electron chi connectivity index (χ3n) is 6.40. The maximum atomic E-state index is 12.6. The Morgan fingerprint density at radius 3 is 1.33 bits per heavy atom. The molecular weight excluding hydrogens is 516 g/mol. The quantitative estimate of drug-likeness (QED) is 0.136. The minimum atomic E-state index is -1.02. The third kappa shape index (κ3) is 12.8. The molecule has 0 unspecified atom stereocenters. The van der Waals surface area contributed by atoms with Gasteiger partial charge in [0, 0.05) is 77.6 Å². The maximum absolute atomic E-state index is 12.6. The van der Waals surface area contributed by atoms with E-state index in [1.165, 1.54) is 12.2 Å². The zero-order chi connectivity index (χ0) is 28.8. The average Bonchev–Trinajstić information content (AvgIpc) is 3.16. The highest BCUT2D eigenvalue weighted by Gasteiger charge is 2.23. The first kappa shape index (κ1) is 31.8. The predicted molar refractivity (Wildman–Crippen MR) is 137 cm³/mol. The highest BCUT2D eigenvalue weighted by Crippen LogP contribution is 2.05. The molecule has 0 aliphatic carbocycles. The summed E-state index contributed by atoms with van der Waals surface area (Å²) >= 11 is 0. The Kier molecular flexibility index (Phi) is 13.5. The van der Waals surface area contributed by atoms with Gasteiger partial charge in [-0.05, 0) is 12.8 Å². The van der Waals surface area contributed by atoms with Gasteiger partial charge in [-0.15, -0.1) is 0 Å². The van der Waals surface area contributed by atoms with Gasteiger partial charge in [0.2, 0.25) is 5.91 Å². The monoisotopic (exact) mass is 554 g/mol. The van der Waals surface area contributed by atoms with Crippen molar-refractivity contribution in [1.29, 1.82) is 0 Å². The van der Waals surface area contributed by atoms with Gasteiger partial charge >= 0.3 is 17.9 Å². The molecule has 1 saturated heterocycles. The highest BCUT2D eigenvalue weighted by molar-refractivity contribution is 6.12. The molecule has 0 saturated carbocycles. The molecule has 0 aromatic heterocycles. The van der Waals surface area contributed by atoms with Crippen LogP contribution in [0.4, 0.5) is 0 Å². The lowest BCUT2D eigenvalue weighted by Gasteiger charge is -2.32. The van der Waals surface area contributed by atoms with Crippen LogP contribution in [0.3, 0.4) is 0 Å². The van der Waals surface area contributed by atoms with Crippen molar-refractivity contribution in [2.75, 3.05) is 91.6 Å². The molecule has 2 heterocycles. The summed E-state index contributed by atoms with van der Waals surface area (Å²) in [4.78, 5) is 77.8. The zero-order valence-corrected chi connectivity index (χ0v) is 22.0. The molecule has 218 valence electrons. The van der Waals surface area contributed by atoms with Crippen LogP contribution in [0, 0.1) is 0 Å². The number of imide groups is 1. The van der Waals surface area contributed by atoms with Crippen molar-refractivity contribution >= 4 is 35.6 Å². The molecule has 0 spiro atoms. The van der Waals surface area contributed by atoms with E-state index in [0.717, 1.165) is 4.90 Å². The van der Waals surface area contributed by atoms with Gasteiger partial charge in [-0.2, -0.15) is 0 Å².